The van der Waals surface area contributed by atoms with Crippen molar-refractivity contribution in [3.63, 3.8) is 0 Å². The molecule has 2 nitrogen and oxygen atoms in total. The lowest BCUT2D eigenvalue weighted by Gasteiger charge is -2.06. The average Bonchev–Trinajstić information content (AvgIpc) is 2.74. The summed E-state index contributed by atoms with van der Waals surface area (Å²) in [5.74, 6) is 0. The van der Waals surface area contributed by atoms with Crippen LogP contribution in [-0.4, -0.2) is 0 Å². The molecule has 0 radical (unpaired) electrons. The van der Waals surface area contributed by atoms with Gasteiger partial charge in [0.05, 0.1) is 13.2 Å². The van der Waals surface area contributed by atoms with E-state index >= 15 is 0 Å². The number of benzene rings is 1. The molecule has 2 N–H and O–H groups in total. The maximum absolute atomic E-state index is 5.66. The van der Waals surface area contributed by atoms with Gasteiger partial charge in [-0.1, -0.05) is 28.1 Å². The predicted octanol–water partition coefficient (Wildman–Crippen LogP) is 3.81. The molecule has 0 unspecified atom stereocenters. The fourth-order valence-electron chi connectivity index (χ4n) is 1.34. The Morgan fingerprint density at radius 1 is 1.25 bits per heavy atom. The number of rotatable bonds is 4. The first-order chi connectivity index (χ1) is 7.75. The number of anilines is 1. The monoisotopic (exact) mass is 297 g/mol. The van der Waals surface area contributed by atoms with Crippen LogP contribution in [0, 0.1) is 0 Å². The smallest absolute Gasteiger partial charge is 0.0813 e. The molecule has 0 bridgehead atoms. The van der Waals surface area contributed by atoms with Crippen molar-refractivity contribution in [2.45, 2.75) is 13.2 Å². The second-order valence-corrected chi connectivity index (χ2v) is 5.31. The fourth-order valence-corrected chi connectivity index (χ4v) is 2.49. The molecular weight excluding hydrogens is 286 g/mol. The van der Waals surface area contributed by atoms with Gasteiger partial charge in [-0.05, 0) is 29.1 Å². The number of ether oxygens (including phenoxy) is 1. The van der Waals surface area contributed by atoms with Crippen molar-refractivity contribution in [1.82, 2.24) is 0 Å². The van der Waals surface area contributed by atoms with Crippen molar-refractivity contribution in [3.05, 3.63) is 50.6 Å². The van der Waals surface area contributed by atoms with Crippen LogP contribution in [0.5, 0.6) is 0 Å². The third-order valence-electron chi connectivity index (χ3n) is 2.16. The summed E-state index contributed by atoms with van der Waals surface area (Å²) in [6.07, 6.45) is 0. The topological polar surface area (TPSA) is 35.2 Å². The molecule has 0 atom stereocenters. The zero-order valence-electron chi connectivity index (χ0n) is 8.65. The van der Waals surface area contributed by atoms with E-state index in [0.29, 0.717) is 13.2 Å². The summed E-state index contributed by atoms with van der Waals surface area (Å²) in [6, 6.07) is 9.86. The van der Waals surface area contributed by atoms with Gasteiger partial charge < -0.3 is 10.5 Å². The van der Waals surface area contributed by atoms with Gasteiger partial charge in [-0.3, -0.25) is 0 Å². The summed E-state index contributed by atoms with van der Waals surface area (Å²) < 4.78 is 6.62. The van der Waals surface area contributed by atoms with E-state index in [1.807, 2.05) is 24.3 Å². The lowest BCUT2D eigenvalue weighted by Crippen LogP contribution is -1.94. The predicted molar refractivity (Wildman–Crippen MR) is 71.4 cm³/mol. The van der Waals surface area contributed by atoms with Crippen molar-refractivity contribution < 1.29 is 4.74 Å². The normalized spacial score (nSPS) is 10.6. The van der Waals surface area contributed by atoms with Crippen LogP contribution in [0.15, 0.2) is 40.2 Å². The lowest BCUT2D eigenvalue weighted by molar-refractivity contribution is 0.109. The first kappa shape index (κ1) is 11.6. The van der Waals surface area contributed by atoms with Crippen LogP contribution in [0.25, 0.3) is 0 Å². The van der Waals surface area contributed by atoms with E-state index in [4.69, 9.17) is 10.5 Å². The molecule has 0 saturated heterocycles. The minimum absolute atomic E-state index is 0.596. The van der Waals surface area contributed by atoms with Gasteiger partial charge in [0.25, 0.3) is 0 Å². The van der Waals surface area contributed by atoms with Crippen LogP contribution in [0.2, 0.25) is 0 Å². The van der Waals surface area contributed by atoms with Crippen LogP contribution in [-0.2, 0) is 18.0 Å². The van der Waals surface area contributed by atoms with E-state index in [1.165, 1.54) is 4.88 Å². The molecule has 0 aliphatic heterocycles. The SMILES string of the molecule is Nc1ccc(COCc2cccs2)c(Br)c1. The van der Waals surface area contributed by atoms with Gasteiger partial charge in [0.2, 0.25) is 0 Å². The molecule has 1 aromatic carbocycles. The second-order valence-electron chi connectivity index (χ2n) is 3.42. The Kier molecular flexibility index (Phi) is 3.98. The highest BCUT2D eigenvalue weighted by atomic mass is 79.9. The van der Waals surface area contributed by atoms with E-state index in [0.717, 1.165) is 15.7 Å². The molecule has 0 fully saturated rings. The highest BCUT2D eigenvalue weighted by molar-refractivity contribution is 9.10. The minimum atomic E-state index is 0.596. The summed E-state index contributed by atoms with van der Waals surface area (Å²) in [5, 5.41) is 2.05. The molecule has 1 heterocycles. The maximum atomic E-state index is 5.66. The van der Waals surface area contributed by atoms with Crippen molar-refractivity contribution in [1.29, 1.82) is 0 Å². The summed E-state index contributed by atoms with van der Waals surface area (Å²) in [7, 11) is 0. The van der Waals surface area contributed by atoms with E-state index < -0.39 is 0 Å². The molecule has 0 amide bonds. The zero-order valence-corrected chi connectivity index (χ0v) is 11.1. The molecule has 0 aliphatic carbocycles. The standard InChI is InChI=1S/C12H12BrNOS/c13-12-6-10(14)4-3-9(12)7-15-8-11-2-1-5-16-11/h1-6H,7-8,14H2. The van der Waals surface area contributed by atoms with E-state index in [2.05, 4.69) is 27.4 Å². The Hall–Kier alpha value is -0.840. The van der Waals surface area contributed by atoms with Gasteiger partial charge in [0.1, 0.15) is 0 Å². The molecule has 2 rings (SSSR count). The van der Waals surface area contributed by atoms with E-state index in [-0.39, 0.29) is 0 Å². The van der Waals surface area contributed by atoms with Crippen molar-refractivity contribution in [3.8, 4) is 0 Å². The fraction of sp³-hybridized carbons (Fsp3) is 0.167. The van der Waals surface area contributed by atoms with E-state index in [1.54, 1.807) is 11.3 Å². The van der Waals surface area contributed by atoms with Gasteiger partial charge in [0, 0.05) is 15.0 Å². The summed E-state index contributed by atoms with van der Waals surface area (Å²) in [4.78, 5) is 1.24. The Balaban J connectivity index is 1.90. The molecule has 1 aromatic heterocycles. The molecule has 0 aliphatic rings. The Morgan fingerprint density at radius 2 is 2.12 bits per heavy atom. The number of hydrogen-bond acceptors (Lipinski definition) is 3. The lowest BCUT2D eigenvalue weighted by atomic mass is 10.2. The Morgan fingerprint density at radius 3 is 2.81 bits per heavy atom. The first-order valence-electron chi connectivity index (χ1n) is 4.90. The molecule has 84 valence electrons. The quantitative estimate of drug-likeness (QED) is 0.871. The highest BCUT2D eigenvalue weighted by Crippen LogP contribution is 2.21. The Bertz CT molecular complexity index is 456. The Labute approximate surface area is 107 Å². The number of halogens is 1. The van der Waals surface area contributed by atoms with Gasteiger partial charge in [-0.15, -0.1) is 11.3 Å². The molecule has 16 heavy (non-hydrogen) atoms. The van der Waals surface area contributed by atoms with Crippen LogP contribution in [0.3, 0.4) is 0 Å². The summed E-state index contributed by atoms with van der Waals surface area (Å²) in [6.45, 7) is 1.26. The number of hydrogen-bond donors (Lipinski definition) is 1. The largest absolute Gasteiger partial charge is 0.399 e. The molecular formula is C12H12BrNOS. The van der Waals surface area contributed by atoms with Crippen LogP contribution in [0.4, 0.5) is 5.69 Å². The van der Waals surface area contributed by atoms with Crippen LogP contribution < -0.4 is 5.73 Å². The number of thiophene rings is 1. The highest BCUT2D eigenvalue weighted by Gasteiger charge is 2.01. The van der Waals surface area contributed by atoms with Gasteiger partial charge in [-0.25, -0.2) is 0 Å². The molecule has 4 heteroatoms. The van der Waals surface area contributed by atoms with Crippen molar-refractivity contribution in [2.24, 2.45) is 0 Å². The molecule has 0 spiro atoms. The van der Waals surface area contributed by atoms with E-state index in [9.17, 15) is 0 Å². The maximum Gasteiger partial charge on any atom is 0.0813 e. The van der Waals surface area contributed by atoms with Crippen LogP contribution >= 0.6 is 27.3 Å². The average molecular weight is 298 g/mol. The van der Waals surface area contributed by atoms with Crippen molar-refractivity contribution in [2.75, 3.05) is 5.73 Å². The van der Waals surface area contributed by atoms with Gasteiger partial charge in [-0.2, -0.15) is 0 Å². The molecule has 0 saturated carbocycles. The third-order valence-corrected chi connectivity index (χ3v) is 3.75. The minimum Gasteiger partial charge on any atom is -0.399 e. The van der Waals surface area contributed by atoms with Gasteiger partial charge in [0.15, 0.2) is 0 Å². The van der Waals surface area contributed by atoms with Crippen LogP contribution in [0.1, 0.15) is 10.4 Å². The zero-order chi connectivity index (χ0) is 11.4. The second kappa shape index (κ2) is 5.48. The van der Waals surface area contributed by atoms with Gasteiger partial charge >= 0.3 is 0 Å². The molecule has 2 aromatic rings. The first-order valence-corrected chi connectivity index (χ1v) is 6.57. The third kappa shape index (κ3) is 3.07. The van der Waals surface area contributed by atoms with Crippen molar-refractivity contribution >= 4 is 33.0 Å². The number of nitrogens with two attached hydrogens (primary N) is 1. The summed E-state index contributed by atoms with van der Waals surface area (Å²) in [5.41, 5.74) is 7.54. The number of nitrogen functional groups attached to an aromatic ring is 1. The summed E-state index contributed by atoms with van der Waals surface area (Å²) >= 11 is 5.18.